The number of halogens is 1. The molecule has 1 heterocycles. The highest BCUT2D eigenvalue weighted by Gasteiger charge is 2.15. The molecule has 3 rings (SSSR count). The first-order valence-electron chi connectivity index (χ1n) is 7.06. The van der Waals surface area contributed by atoms with Gasteiger partial charge in [-0.05, 0) is 11.1 Å². The van der Waals surface area contributed by atoms with Gasteiger partial charge in [0.25, 0.3) is 0 Å². The Morgan fingerprint density at radius 3 is 1.82 bits per heavy atom. The van der Waals surface area contributed by atoms with Gasteiger partial charge in [-0.3, -0.25) is 0 Å². The van der Waals surface area contributed by atoms with Crippen molar-refractivity contribution in [3.8, 4) is 0 Å². The van der Waals surface area contributed by atoms with Crippen LogP contribution in [0, 0.1) is 0 Å². The molecule has 0 saturated carbocycles. The molecule has 0 atom stereocenters. The zero-order valence-corrected chi connectivity index (χ0v) is 12.8. The molecular formula is C17H16ClN3O. The average Bonchev–Trinajstić information content (AvgIpc) is 3.05. The van der Waals surface area contributed by atoms with Crippen LogP contribution < -0.4 is 4.90 Å². The van der Waals surface area contributed by atoms with Crippen LogP contribution in [0.25, 0.3) is 0 Å². The summed E-state index contributed by atoms with van der Waals surface area (Å²) in [5.74, 6) is 0.653. The molecule has 0 amide bonds. The van der Waals surface area contributed by atoms with Crippen molar-refractivity contribution in [3.63, 3.8) is 0 Å². The third-order valence-electron chi connectivity index (χ3n) is 3.27. The van der Waals surface area contributed by atoms with Crippen molar-refractivity contribution in [2.24, 2.45) is 0 Å². The Morgan fingerprint density at radius 2 is 1.36 bits per heavy atom. The number of aromatic nitrogens is 2. The molecule has 0 aliphatic rings. The summed E-state index contributed by atoms with van der Waals surface area (Å²) in [6.45, 7) is 1.39. The van der Waals surface area contributed by atoms with Crippen molar-refractivity contribution in [1.29, 1.82) is 0 Å². The minimum atomic E-state index is 0.220. The second kappa shape index (κ2) is 7.09. The van der Waals surface area contributed by atoms with Crippen molar-refractivity contribution in [2.75, 3.05) is 4.90 Å². The van der Waals surface area contributed by atoms with Gasteiger partial charge in [0.05, 0.1) is 0 Å². The molecule has 112 valence electrons. The van der Waals surface area contributed by atoms with Gasteiger partial charge >= 0.3 is 6.01 Å². The Labute approximate surface area is 134 Å². The molecule has 0 radical (unpaired) electrons. The number of anilines is 1. The second-order valence-corrected chi connectivity index (χ2v) is 5.21. The standard InChI is InChI=1S/C17H16ClN3O/c18-11-16-19-20-17(22-16)21(12-14-7-3-1-4-8-14)13-15-9-5-2-6-10-15/h1-10H,11-13H2. The fraction of sp³-hybridized carbons (Fsp3) is 0.176. The number of benzene rings is 2. The highest BCUT2D eigenvalue weighted by atomic mass is 35.5. The van der Waals surface area contributed by atoms with E-state index in [-0.39, 0.29) is 5.88 Å². The lowest BCUT2D eigenvalue weighted by molar-refractivity contribution is 0.496. The van der Waals surface area contributed by atoms with E-state index < -0.39 is 0 Å². The molecule has 3 aromatic rings. The lowest BCUT2D eigenvalue weighted by atomic mass is 10.2. The van der Waals surface area contributed by atoms with Gasteiger partial charge in [0.1, 0.15) is 5.88 Å². The third kappa shape index (κ3) is 3.65. The summed E-state index contributed by atoms with van der Waals surface area (Å²) in [7, 11) is 0. The van der Waals surface area contributed by atoms with E-state index in [4.69, 9.17) is 16.0 Å². The minimum Gasteiger partial charge on any atom is -0.407 e. The number of hydrogen-bond acceptors (Lipinski definition) is 4. The number of rotatable bonds is 6. The summed E-state index contributed by atoms with van der Waals surface area (Å²) >= 11 is 5.75. The molecular weight excluding hydrogens is 298 g/mol. The quantitative estimate of drug-likeness (QED) is 0.645. The van der Waals surface area contributed by atoms with Crippen LogP contribution in [0.1, 0.15) is 17.0 Å². The lowest BCUT2D eigenvalue weighted by Gasteiger charge is -2.20. The van der Waals surface area contributed by atoms with E-state index in [1.54, 1.807) is 0 Å². The smallest absolute Gasteiger partial charge is 0.318 e. The van der Waals surface area contributed by atoms with E-state index in [0.29, 0.717) is 25.0 Å². The Bertz CT molecular complexity index is 659. The third-order valence-corrected chi connectivity index (χ3v) is 3.50. The normalized spacial score (nSPS) is 10.6. The van der Waals surface area contributed by atoms with Crippen molar-refractivity contribution in [1.82, 2.24) is 10.2 Å². The molecule has 0 saturated heterocycles. The lowest BCUT2D eigenvalue weighted by Crippen LogP contribution is -2.22. The molecule has 0 fully saturated rings. The van der Waals surface area contributed by atoms with Crippen LogP contribution in [0.15, 0.2) is 65.1 Å². The zero-order valence-electron chi connectivity index (χ0n) is 12.0. The molecule has 4 nitrogen and oxygen atoms in total. The summed E-state index contributed by atoms with van der Waals surface area (Å²) in [4.78, 5) is 2.05. The maximum atomic E-state index is 5.75. The number of nitrogens with zero attached hydrogens (tertiary/aromatic N) is 3. The molecule has 22 heavy (non-hydrogen) atoms. The fourth-order valence-electron chi connectivity index (χ4n) is 2.23. The van der Waals surface area contributed by atoms with Crippen molar-refractivity contribution >= 4 is 17.6 Å². The van der Waals surface area contributed by atoms with Crippen LogP contribution in [0.4, 0.5) is 6.01 Å². The minimum absolute atomic E-state index is 0.220. The van der Waals surface area contributed by atoms with Gasteiger partial charge in [-0.1, -0.05) is 65.8 Å². The van der Waals surface area contributed by atoms with E-state index in [1.807, 2.05) is 41.3 Å². The Balaban J connectivity index is 1.84. The summed E-state index contributed by atoms with van der Waals surface area (Å²) in [5, 5.41) is 8.05. The maximum Gasteiger partial charge on any atom is 0.318 e. The first-order valence-corrected chi connectivity index (χ1v) is 7.60. The molecule has 0 N–H and O–H groups in total. The average molecular weight is 314 g/mol. The van der Waals surface area contributed by atoms with Crippen LogP contribution in [-0.2, 0) is 19.0 Å². The summed E-state index contributed by atoms with van der Waals surface area (Å²) < 4.78 is 5.61. The van der Waals surface area contributed by atoms with Gasteiger partial charge in [-0.25, -0.2) is 0 Å². The van der Waals surface area contributed by atoms with Crippen molar-refractivity contribution in [3.05, 3.63) is 77.7 Å². The predicted octanol–water partition coefficient (Wildman–Crippen LogP) is 4.02. The van der Waals surface area contributed by atoms with Crippen LogP contribution in [-0.4, -0.2) is 10.2 Å². The van der Waals surface area contributed by atoms with Crippen molar-refractivity contribution < 1.29 is 4.42 Å². The first kappa shape index (κ1) is 14.6. The molecule has 1 aromatic heterocycles. The van der Waals surface area contributed by atoms with Gasteiger partial charge in [0.2, 0.25) is 5.89 Å². The Kier molecular flexibility index (Phi) is 4.71. The SMILES string of the molecule is ClCc1nnc(N(Cc2ccccc2)Cc2ccccc2)o1. The van der Waals surface area contributed by atoms with E-state index in [0.717, 1.165) is 0 Å². The van der Waals surface area contributed by atoms with Crippen molar-refractivity contribution in [2.45, 2.75) is 19.0 Å². The Hall–Kier alpha value is -2.33. The monoisotopic (exact) mass is 313 g/mol. The Morgan fingerprint density at radius 1 is 0.818 bits per heavy atom. The molecule has 2 aromatic carbocycles. The van der Waals surface area contributed by atoms with Crippen LogP contribution in [0.3, 0.4) is 0 Å². The van der Waals surface area contributed by atoms with E-state index in [2.05, 4.69) is 34.5 Å². The highest BCUT2D eigenvalue weighted by Crippen LogP contribution is 2.19. The van der Waals surface area contributed by atoms with Crippen LogP contribution in [0.2, 0.25) is 0 Å². The summed E-state index contributed by atoms with van der Waals surface area (Å²) in [6, 6.07) is 20.9. The molecule has 0 unspecified atom stereocenters. The van der Waals surface area contributed by atoms with Crippen LogP contribution >= 0.6 is 11.6 Å². The van der Waals surface area contributed by atoms with E-state index in [1.165, 1.54) is 11.1 Å². The predicted molar refractivity (Wildman–Crippen MR) is 86.6 cm³/mol. The van der Waals surface area contributed by atoms with E-state index >= 15 is 0 Å². The van der Waals surface area contributed by atoms with Gasteiger partial charge in [0, 0.05) is 13.1 Å². The fourth-order valence-corrected chi connectivity index (χ4v) is 2.33. The van der Waals surface area contributed by atoms with E-state index in [9.17, 15) is 0 Å². The molecule has 0 aliphatic heterocycles. The summed E-state index contributed by atoms with van der Waals surface area (Å²) in [6.07, 6.45) is 0. The highest BCUT2D eigenvalue weighted by molar-refractivity contribution is 6.16. The zero-order chi connectivity index (χ0) is 15.2. The van der Waals surface area contributed by atoms with Gasteiger partial charge in [-0.15, -0.1) is 16.7 Å². The number of alkyl halides is 1. The molecule has 0 bridgehead atoms. The second-order valence-electron chi connectivity index (χ2n) is 4.94. The van der Waals surface area contributed by atoms with Gasteiger partial charge in [-0.2, -0.15) is 0 Å². The van der Waals surface area contributed by atoms with Gasteiger partial charge in [0.15, 0.2) is 0 Å². The topological polar surface area (TPSA) is 42.2 Å². The largest absolute Gasteiger partial charge is 0.407 e. The molecule has 5 heteroatoms. The van der Waals surface area contributed by atoms with Gasteiger partial charge < -0.3 is 9.32 Å². The first-order chi connectivity index (χ1) is 10.8. The molecule has 0 aliphatic carbocycles. The number of hydrogen-bond donors (Lipinski definition) is 0. The maximum absolute atomic E-state index is 5.75. The van der Waals surface area contributed by atoms with Crippen LogP contribution in [0.5, 0.6) is 0 Å². The molecule has 0 spiro atoms. The summed E-state index contributed by atoms with van der Waals surface area (Å²) in [5.41, 5.74) is 2.37.